The quantitative estimate of drug-likeness (QED) is 0.585. The van der Waals surface area contributed by atoms with Gasteiger partial charge in [-0.3, -0.25) is 9.69 Å². The van der Waals surface area contributed by atoms with E-state index in [2.05, 4.69) is 49.8 Å². The third-order valence-electron chi connectivity index (χ3n) is 6.26. The number of nitrogens with zero attached hydrogens (tertiary/aromatic N) is 3. The number of rotatable bonds is 3. The lowest BCUT2D eigenvalue weighted by molar-refractivity contribution is -0.121. The maximum atomic E-state index is 12.9. The Bertz CT molecular complexity index is 1080. The van der Waals surface area contributed by atoms with Gasteiger partial charge in [-0.05, 0) is 67.8 Å². The summed E-state index contributed by atoms with van der Waals surface area (Å²) in [5, 5.41) is 0.675. The summed E-state index contributed by atoms with van der Waals surface area (Å²) >= 11 is 1.40. The number of carbonyl (C=O) groups excluding carboxylic acids is 1. The van der Waals surface area contributed by atoms with E-state index in [1.165, 1.54) is 23.0 Å². The molecule has 0 aliphatic carbocycles. The van der Waals surface area contributed by atoms with Crippen LogP contribution in [0, 0.1) is 0 Å². The number of anilines is 1. The molecule has 162 valence electrons. The van der Waals surface area contributed by atoms with Crippen molar-refractivity contribution in [2.45, 2.75) is 38.6 Å². The van der Waals surface area contributed by atoms with Gasteiger partial charge >= 0.3 is 0 Å². The number of amides is 1. The molecule has 0 aromatic heterocycles. The van der Waals surface area contributed by atoms with Crippen molar-refractivity contribution in [3.8, 4) is 5.75 Å². The third-order valence-corrected chi connectivity index (χ3v) is 7.32. The fraction of sp³-hybridized carbons (Fsp3) is 0.360. The first-order valence-corrected chi connectivity index (χ1v) is 11.3. The summed E-state index contributed by atoms with van der Waals surface area (Å²) < 4.78 is 5.72. The molecule has 0 spiro atoms. The second-order valence-corrected chi connectivity index (χ2v) is 9.84. The number of hydrogen-bond donors (Lipinski definition) is 0. The van der Waals surface area contributed by atoms with E-state index in [0.717, 1.165) is 23.4 Å². The number of hydrogen-bond acceptors (Lipinski definition) is 5. The summed E-state index contributed by atoms with van der Waals surface area (Å²) in [6, 6.07) is 14.0. The molecule has 0 bridgehead atoms. The van der Waals surface area contributed by atoms with Crippen LogP contribution in [0.25, 0.3) is 6.08 Å². The van der Waals surface area contributed by atoms with Crippen molar-refractivity contribution in [3.05, 3.63) is 58.5 Å². The molecular formula is C25H29N3O2S. The van der Waals surface area contributed by atoms with Gasteiger partial charge in [0.2, 0.25) is 0 Å². The second kappa shape index (κ2) is 8.08. The van der Waals surface area contributed by atoms with E-state index >= 15 is 0 Å². The molecule has 1 saturated heterocycles. The molecule has 1 fully saturated rings. The number of thioether (sulfide) groups is 1. The summed E-state index contributed by atoms with van der Waals surface area (Å²) in [5.41, 5.74) is 4.32. The van der Waals surface area contributed by atoms with Crippen molar-refractivity contribution in [2.24, 2.45) is 4.99 Å². The summed E-state index contributed by atoms with van der Waals surface area (Å²) in [4.78, 5) is 22.1. The number of likely N-dealkylation sites (N-methyl/N-ethyl adjacent to an activating group) is 1. The van der Waals surface area contributed by atoms with Crippen LogP contribution in [0.3, 0.4) is 0 Å². The zero-order chi connectivity index (χ0) is 22.3. The molecule has 4 rings (SSSR count). The zero-order valence-electron chi connectivity index (χ0n) is 19.0. The molecule has 1 atom stereocenters. The lowest BCUT2D eigenvalue weighted by Gasteiger charge is -2.45. The van der Waals surface area contributed by atoms with E-state index in [-0.39, 0.29) is 11.4 Å². The summed E-state index contributed by atoms with van der Waals surface area (Å²) in [5.74, 6) is 1.15. The van der Waals surface area contributed by atoms with Gasteiger partial charge in [-0.15, -0.1) is 0 Å². The second-order valence-electron chi connectivity index (χ2n) is 8.83. The highest BCUT2D eigenvalue weighted by Crippen LogP contribution is 2.46. The van der Waals surface area contributed by atoms with Gasteiger partial charge in [-0.1, -0.05) is 25.1 Å². The fourth-order valence-electron chi connectivity index (χ4n) is 4.31. The van der Waals surface area contributed by atoms with Gasteiger partial charge in [-0.25, -0.2) is 4.99 Å². The Labute approximate surface area is 188 Å². The van der Waals surface area contributed by atoms with E-state index < -0.39 is 0 Å². The van der Waals surface area contributed by atoms with Crippen molar-refractivity contribution >= 4 is 40.3 Å². The highest BCUT2D eigenvalue weighted by atomic mass is 32.2. The highest BCUT2D eigenvalue weighted by molar-refractivity contribution is 8.18. The van der Waals surface area contributed by atoms with E-state index in [1.807, 2.05) is 36.4 Å². The summed E-state index contributed by atoms with van der Waals surface area (Å²) in [6.07, 6.45) is 3.01. The molecule has 1 amide bonds. The lowest BCUT2D eigenvalue weighted by atomic mass is 9.80. The Morgan fingerprint density at radius 1 is 1.19 bits per heavy atom. The molecule has 0 N–H and O–H groups in total. The van der Waals surface area contributed by atoms with E-state index in [4.69, 9.17) is 4.74 Å². The van der Waals surface area contributed by atoms with E-state index in [0.29, 0.717) is 16.0 Å². The first-order valence-electron chi connectivity index (χ1n) is 10.5. The van der Waals surface area contributed by atoms with Crippen LogP contribution in [-0.4, -0.2) is 42.7 Å². The zero-order valence-corrected chi connectivity index (χ0v) is 19.8. The average Bonchev–Trinajstić information content (AvgIpc) is 3.00. The molecule has 1 unspecified atom stereocenters. The van der Waals surface area contributed by atoms with E-state index in [9.17, 15) is 4.79 Å². The smallest absolute Gasteiger partial charge is 0.266 e. The minimum Gasteiger partial charge on any atom is -0.496 e. The first-order chi connectivity index (χ1) is 14.7. The molecule has 5 nitrogen and oxygen atoms in total. The topological polar surface area (TPSA) is 45.1 Å². The molecule has 31 heavy (non-hydrogen) atoms. The van der Waals surface area contributed by atoms with Crippen molar-refractivity contribution in [1.29, 1.82) is 0 Å². The minimum absolute atomic E-state index is 0.0502. The van der Waals surface area contributed by atoms with Crippen LogP contribution in [0.15, 0.2) is 52.4 Å². The number of ether oxygens (including phenoxy) is 1. The van der Waals surface area contributed by atoms with Crippen molar-refractivity contribution in [3.63, 3.8) is 0 Å². The van der Waals surface area contributed by atoms with Crippen molar-refractivity contribution in [1.82, 2.24) is 4.90 Å². The van der Waals surface area contributed by atoms with Gasteiger partial charge < -0.3 is 9.64 Å². The Morgan fingerprint density at radius 2 is 1.90 bits per heavy atom. The molecule has 2 heterocycles. The highest BCUT2D eigenvalue weighted by Gasteiger charge is 2.35. The number of para-hydroxylation sites is 1. The molecule has 2 aliphatic rings. The van der Waals surface area contributed by atoms with Gasteiger partial charge in [0.05, 0.1) is 17.7 Å². The standard InChI is InChI=1S/C25H29N3O2S/c1-16-15-25(2,3)28(5)20-14-21(30-6)17(12-19(16)20)13-22-23(29)27(4)24(31-22)26-18-10-8-7-9-11-18/h7-14,16H,15H2,1-6H3/b22-13+,26-24?. The van der Waals surface area contributed by atoms with Crippen molar-refractivity contribution < 1.29 is 9.53 Å². The van der Waals surface area contributed by atoms with Gasteiger partial charge in [0, 0.05) is 37.0 Å². The van der Waals surface area contributed by atoms with Gasteiger partial charge in [0.15, 0.2) is 5.17 Å². The van der Waals surface area contributed by atoms with Crippen LogP contribution in [0.1, 0.15) is 44.2 Å². The SMILES string of the molecule is COc1cc2c(cc1/C=C1/SC(=Nc3ccccc3)N(C)C1=O)C(C)CC(C)(C)N2C. The van der Waals surface area contributed by atoms with Crippen LogP contribution in [0.5, 0.6) is 5.75 Å². The van der Waals surface area contributed by atoms with Crippen LogP contribution in [-0.2, 0) is 4.79 Å². The molecule has 0 radical (unpaired) electrons. The Hall–Kier alpha value is -2.73. The number of amidine groups is 1. The normalized spacial score (nSPS) is 22.9. The third kappa shape index (κ3) is 3.97. The lowest BCUT2D eigenvalue weighted by Crippen LogP contribution is -2.45. The Kier molecular flexibility index (Phi) is 5.60. The first kappa shape index (κ1) is 21.5. The maximum Gasteiger partial charge on any atom is 0.266 e. The Morgan fingerprint density at radius 3 is 2.58 bits per heavy atom. The van der Waals surface area contributed by atoms with Crippen LogP contribution in [0.4, 0.5) is 11.4 Å². The van der Waals surface area contributed by atoms with Crippen LogP contribution >= 0.6 is 11.8 Å². The number of aliphatic imine (C=N–C) groups is 1. The minimum atomic E-state index is -0.0502. The number of carbonyl (C=O) groups is 1. The maximum absolute atomic E-state index is 12.9. The van der Waals surface area contributed by atoms with Gasteiger partial charge in [0.25, 0.3) is 5.91 Å². The van der Waals surface area contributed by atoms with Crippen molar-refractivity contribution in [2.75, 3.05) is 26.1 Å². The predicted molar refractivity (Wildman–Crippen MR) is 130 cm³/mol. The Balaban J connectivity index is 1.73. The number of benzene rings is 2. The summed E-state index contributed by atoms with van der Waals surface area (Å²) in [6.45, 7) is 6.81. The fourth-order valence-corrected chi connectivity index (χ4v) is 5.28. The van der Waals surface area contributed by atoms with Gasteiger partial charge in [0.1, 0.15) is 5.75 Å². The average molecular weight is 436 g/mol. The van der Waals surface area contributed by atoms with E-state index in [1.54, 1.807) is 19.1 Å². The van der Waals surface area contributed by atoms with Crippen LogP contribution in [0.2, 0.25) is 0 Å². The molecular weight excluding hydrogens is 406 g/mol. The molecule has 2 aromatic rings. The van der Waals surface area contributed by atoms with Gasteiger partial charge in [-0.2, -0.15) is 0 Å². The molecule has 2 aliphatic heterocycles. The monoisotopic (exact) mass is 435 g/mol. The molecule has 2 aromatic carbocycles. The van der Waals surface area contributed by atoms with Crippen LogP contribution < -0.4 is 9.64 Å². The number of methoxy groups -OCH3 is 1. The molecule has 0 saturated carbocycles. The summed E-state index contributed by atoms with van der Waals surface area (Å²) in [7, 11) is 5.58. The predicted octanol–water partition coefficient (Wildman–Crippen LogP) is 5.65. The largest absolute Gasteiger partial charge is 0.496 e. The number of fused-ring (bicyclic) bond motifs is 1. The molecule has 6 heteroatoms.